The van der Waals surface area contributed by atoms with E-state index in [2.05, 4.69) is 0 Å². The zero-order chi connectivity index (χ0) is 13.8. The molecule has 0 fully saturated rings. The van der Waals surface area contributed by atoms with E-state index in [4.69, 9.17) is 10.5 Å². The Labute approximate surface area is 102 Å². The largest absolute Gasteiger partial charge is 0.484 e. The van der Waals surface area contributed by atoms with E-state index in [1.54, 1.807) is 30.4 Å². The van der Waals surface area contributed by atoms with Crippen molar-refractivity contribution in [2.75, 3.05) is 18.9 Å². The minimum Gasteiger partial charge on any atom is -0.484 e. The fourth-order valence-corrected chi connectivity index (χ4v) is 1.23. The van der Waals surface area contributed by atoms with Crippen LogP contribution < -0.4 is 15.8 Å². The minimum absolute atomic E-state index is 0.409. The first-order valence-corrected chi connectivity index (χ1v) is 5.10. The van der Waals surface area contributed by atoms with Gasteiger partial charge in [0, 0.05) is 5.69 Å². The zero-order valence-corrected chi connectivity index (χ0v) is 9.67. The van der Waals surface area contributed by atoms with Crippen LogP contribution in [0.2, 0.25) is 0 Å². The summed E-state index contributed by atoms with van der Waals surface area (Å²) in [6.45, 7) is -0.115. The van der Waals surface area contributed by atoms with Crippen LogP contribution in [0.3, 0.4) is 0 Å². The van der Waals surface area contributed by atoms with Crippen LogP contribution >= 0.6 is 0 Å². The van der Waals surface area contributed by atoms with Crippen LogP contribution in [0.5, 0.6) is 5.75 Å². The fourth-order valence-electron chi connectivity index (χ4n) is 1.23. The molecule has 0 saturated heterocycles. The highest BCUT2D eigenvalue weighted by molar-refractivity contribution is 5.77. The Hall–Kier alpha value is -1.92. The Morgan fingerprint density at radius 1 is 1.44 bits per heavy atom. The van der Waals surface area contributed by atoms with Crippen LogP contribution in [0, 0.1) is 6.92 Å². The summed E-state index contributed by atoms with van der Waals surface area (Å²) in [5, 5.41) is 1.71. The molecule has 0 aliphatic rings. The molecule has 1 rings (SSSR count). The monoisotopic (exact) mass is 262 g/mol. The molecule has 3 N–H and O–H groups in total. The van der Waals surface area contributed by atoms with Crippen LogP contribution in [-0.4, -0.2) is 25.2 Å². The summed E-state index contributed by atoms with van der Waals surface area (Å²) in [5.74, 6) is -0.421. The van der Waals surface area contributed by atoms with Crippen molar-refractivity contribution in [2.45, 2.75) is 13.1 Å². The highest BCUT2D eigenvalue weighted by Crippen LogP contribution is 2.19. The van der Waals surface area contributed by atoms with E-state index < -0.39 is 25.2 Å². The van der Waals surface area contributed by atoms with Crippen molar-refractivity contribution in [3.05, 3.63) is 23.8 Å². The summed E-state index contributed by atoms with van der Waals surface area (Å²) < 4.78 is 40.5. The molecule has 0 aliphatic carbocycles. The van der Waals surface area contributed by atoms with Crippen LogP contribution in [0.15, 0.2) is 18.2 Å². The SMILES string of the molecule is Cc1cc(N)ccc1OCC(=O)NCC(F)(F)F. The van der Waals surface area contributed by atoms with Crippen LogP contribution in [0.1, 0.15) is 5.56 Å². The molecule has 0 saturated carbocycles. The third-order valence-electron chi connectivity index (χ3n) is 2.04. The van der Waals surface area contributed by atoms with Crippen molar-refractivity contribution in [2.24, 2.45) is 0 Å². The van der Waals surface area contributed by atoms with Gasteiger partial charge in [0.15, 0.2) is 6.61 Å². The molecule has 0 radical (unpaired) electrons. The first-order valence-electron chi connectivity index (χ1n) is 5.10. The maximum atomic E-state index is 11.8. The van der Waals surface area contributed by atoms with Crippen molar-refractivity contribution in [3.8, 4) is 5.75 Å². The second-order valence-corrected chi connectivity index (χ2v) is 3.71. The molecule has 0 aliphatic heterocycles. The average molecular weight is 262 g/mol. The van der Waals surface area contributed by atoms with Gasteiger partial charge in [0.1, 0.15) is 12.3 Å². The summed E-state index contributed by atoms with van der Waals surface area (Å²) in [6.07, 6.45) is -4.42. The van der Waals surface area contributed by atoms with Gasteiger partial charge in [0.2, 0.25) is 0 Å². The molecule has 0 bridgehead atoms. The number of nitrogen functional groups attached to an aromatic ring is 1. The molecule has 18 heavy (non-hydrogen) atoms. The second-order valence-electron chi connectivity index (χ2n) is 3.71. The molecule has 0 aromatic heterocycles. The number of carbonyl (C=O) groups excluding carboxylic acids is 1. The van der Waals surface area contributed by atoms with Gasteiger partial charge >= 0.3 is 6.18 Å². The van der Waals surface area contributed by atoms with Gasteiger partial charge in [-0.05, 0) is 30.7 Å². The Morgan fingerprint density at radius 3 is 2.67 bits per heavy atom. The molecule has 0 unspecified atom stereocenters. The van der Waals surface area contributed by atoms with Crippen molar-refractivity contribution in [1.29, 1.82) is 0 Å². The van der Waals surface area contributed by atoms with Gasteiger partial charge < -0.3 is 15.8 Å². The number of nitrogens with one attached hydrogen (secondary N) is 1. The molecule has 1 aromatic carbocycles. The molecule has 1 amide bonds. The van der Waals surface area contributed by atoms with Crippen LogP contribution in [-0.2, 0) is 4.79 Å². The summed E-state index contributed by atoms with van der Waals surface area (Å²) in [7, 11) is 0. The number of anilines is 1. The predicted molar refractivity (Wildman–Crippen MR) is 60.2 cm³/mol. The maximum Gasteiger partial charge on any atom is 0.405 e. The van der Waals surface area contributed by atoms with Crippen molar-refractivity contribution < 1.29 is 22.7 Å². The molecule has 0 atom stereocenters. The summed E-state index contributed by atoms with van der Waals surface area (Å²) in [4.78, 5) is 11.1. The van der Waals surface area contributed by atoms with E-state index in [9.17, 15) is 18.0 Å². The molecular weight excluding hydrogens is 249 g/mol. The number of aryl methyl sites for hydroxylation is 1. The van der Waals surface area contributed by atoms with E-state index in [0.717, 1.165) is 0 Å². The number of rotatable bonds is 4. The highest BCUT2D eigenvalue weighted by Gasteiger charge is 2.27. The van der Waals surface area contributed by atoms with Gasteiger partial charge in [-0.25, -0.2) is 0 Å². The molecule has 0 heterocycles. The number of ether oxygens (including phenoxy) is 1. The van der Waals surface area contributed by atoms with Crippen molar-refractivity contribution in [3.63, 3.8) is 0 Å². The first-order chi connectivity index (χ1) is 8.28. The second kappa shape index (κ2) is 5.61. The summed E-state index contributed by atoms with van der Waals surface area (Å²) in [6, 6.07) is 4.78. The van der Waals surface area contributed by atoms with Gasteiger partial charge in [0.25, 0.3) is 5.91 Å². The third kappa shape index (κ3) is 4.94. The van der Waals surface area contributed by atoms with E-state index in [1.165, 1.54) is 0 Å². The minimum atomic E-state index is -4.42. The number of amides is 1. The van der Waals surface area contributed by atoms with Crippen molar-refractivity contribution >= 4 is 11.6 Å². The predicted octanol–water partition coefficient (Wildman–Crippen LogP) is 1.63. The number of nitrogens with two attached hydrogens (primary N) is 1. The lowest BCUT2D eigenvalue weighted by atomic mass is 10.2. The Balaban J connectivity index is 2.43. The zero-order valence-electron chi connectivity index (χ0n) is 9.67. The number of halogens is 3. The van der Waals surface area contributed by atoms with Crippen LogP contribution in [0.25, 0.3) is 0 Å². The summed E-state index contributed by atoms with van der Waals surface area (Å²) >= 11 is 0. The number of carbonyl (C=O) groups is 1. The van der Waals surface area contributed by atoms with Gasteiger partial charge in [-0.2, -0.15) is 13.2 Å². The molecule has 4 nitrogen and oxygen atoms in total. The lowest BCUT2D eigenvalue weighted by Gasteiger charge is -2.11. The molecular formula is C11H13F3N2O2. The third-order valence-corrected chi connectivity index (χ3v) is 2.04. The Morgan fingerprint density at radius 2 is 2.11 bits per heavy atom. The topological polar surface area (TPSA) is 64.3 Å². The molecule has 0 spiro atoms. The standard InChI is InChI=1S/C11H13F3N2O2/c1-7-4-8(15)2-3-9(7)18-5-10(17)16-6-11(12,13)14/h2-4H,5-6,15H2,1H3,(H,16,17). The Bertz CT molecular complexity index is 433. The average Bonchev–Trinajstić information content (AvgIpc) is 2.24. The number of benzene rings is 1. The Kier molecular flexibility index (Phi) is 4.41. The van der Waals surface area contributed by atoms with Gasteiger partial charge in [-0.15, -0.1) is 0 Å². The van der Waals surface area contributed by atoms with E-state index in [0.29, 0.717) is 17.0 Å². The van der Waals surface area contributed by atoms with E-state index >= 15 is 0 Å². The maximum absolute atomic E-state index is 11.8. The lowest BCUT2D eigenvalue weighted by molar-refractivity contribution is -0.139. The number of hydrogen-bond donors (Lipinski definition) is 2. The number of hydrogen-bond acceptors (Lipinski definition) is 3. The normalized spacial score (nSPS) is 11.1. The van der Waals surface area contributed by atoms with Gasteiger partial charge in [0.05, 0.1) is 0 Å². The quantitative estimate of drug-likeness (QED) is 0.811. The van der Waals surface area contributed by atoms with Gasteiger partial charge in [-0.3, -0.25) is 4.79 Å². The molecule has 7 heteroatoms. The van der Waals surface area contributed by atoms with E-state index in [1.807, 2.05) is 0 Å². The van der Waals surface area contributed by atoms with E-state index in [-0.39, 0.29) is 0 Å². The molecule has 100 valence electrons. The molecule has 1 aromatic rings. The fraction of sp³-hybridized carbons (Fsp3) is 0.364. The summed E-state index contributed by atoms with van der Waals surface area (Å²) in [5.41, 5.74) is 6.77. The van der Waals surface area contributed by atoms with Crippen molar-refractivity contribution in [1.82, 2.24) is 5.32 Å². The van der Waals surface area contributed by atoms with Crippen LogP contribution in [0.4, 0.5) is 18.9 Å². The lowest BCUT2D eigenvalue weighted by Crippen LogP contribution is -2.36. The smallest absolute Gasteiger partial charge is 0.405 e. The number of alkyl halides is 3. The first kappa shape index (κ1) is 14.1. The highest BCUT2D eigenvalue weighted by atomic mass is 19.4. The van der Waals surface area contributed by atoms with Gasteiger partial charge in [-0.1, -0.05) is 0 Å².